The Balaban J connectivity index is 1.37. The smallest absolute Gasteiger partial charge is 0.339 e. The minimum atomic E-state index is -0.471. The van der Waals surface area contributed by atoms with Crippen LogP contribution in [0.5, 0.6) is 11.5 Å². The lowest BCUT2D eigenvalue weighted by atomic mass is 9.90. The highest BCUT2D eigenvalue weighted by molar-refractivity contribution is 6.05. The predicted molar refractivity (Wildman–Crippen MR) is 125 cm³/mol. The van der Waals surface area contributed by atoms with Gasteiger partial charge in [-0.25, -0.2) is 4.79 Å². The van der Waals surface area contributed by atoms with E-state index in [-0.39, 0.29) is 12.5 Å². The number of fused-ring (bicyclic) bond motifs is 2. The Kier molecular flexibility index (Phi) is 7.07. The molecule has 7 nitrogen and oxygen atoms in total. The van der Waals surface area contributed by atoms with Crippen molar-refractivity contribution < 1.29 is 23.8 Å². The van der Waals surface area contributed by atoms with Crippen LogP contribution in [0, 0.1) is 0 Å². The summed E-state index contributed by atoms with van der Waals surface area (Å²) in [5, 5.41) is 3.58. The van der Waals surface area contributed by atoms with Crippen molar-refractivity contribution in [2.24, 2.45) is 0 Å². The fraction of sp³-hybridized carbons (Fsp3) is 0.346. The molecule has 172 valence electrons. The number of methoxy groups -OCH3 is 2. The Morgan fingerprint density at radius 1 is 1.00 bits per heavy atom. The second-order valence-corrected chi connectivity index (χ2v) is 8.00. The Morgan fingerprint density at radius 2 is 1.79 bits per heavy atom. The third-order valence-corrected chi connectivity index (χ3v) is 5.89. The highest BCUT2D eigenvalue weighted by atomic mass is 16.5. The van der Waals surface area contributed by atoms with Crippen LogP contribution in [-0.2, 0) is 28.8 Å². The Labute approximate surface area is 193 Å². The maximum Gasteiger partial charge on any atom is 0.339 e. The van der Waals surface area contributed by atoms with Gasteiger partial charge in [-0.1, -0.05) is 24.3 Å². The molecule has 0 bridgehead atoms. The van der Waals surface area contributed by atoms with Crippen LogP contribution >= 0.6 is 0 Å². The second kappa shape index (κ2) is 10.3. The summed E-state index contributed by atoms with van der Waals surface area (Å²) in [5.74, 6) is 0.490. The lowest BCUT2D eigenvalue weighted by Crippen LogP contribution is -2.30. The summed E-state index contributed by atoms with van der Waals surface area (Å²) in [4.78, 5) is 30.0. The summed E-state index contributed by atoms with van der Waals surface area (Å²) in [6.07, 6.45) is 4.36. The van der Waals surface area contributed by atoms with E-state index in [1.807, 2.05) is 42.5 Å². The highest BCUT2D eigenvalue weighted by Gasteiger charge is 2.24. The molecule has 0 unspecified atom stereocenters. The number of rotatable bonds is 8. The number of nitrogens with zero attached hydrogens (tertiary/aromatic N) is 1. The zero-order valence-electron chi connectivity index (χ0n) is 19.0. The average molecular weight is 449 g/mol. The molecule has 3 aromatic rings. The molecule has 0 saturated carbocycles. The molecule has 1 N–H and O–H groups in total. The third kappa shape index (κ3) is 5.08. The molecule has 1 aliphatic rings. The number of pyridine rings is 1. The number of esters is 1. The van der Waals surface area contributed by atoms with Gasteiger partial charge in [0.05, 0.1) is 25.3 Å². The van der Waals surface area contributed by atoms with Gasteiger partial charge in [0, 0.05) is 17.6 Å². The SMILES string of the molecule is COc1ccc(CCNC(=O)COC(=O)c2c3c(nc4ccccc24)CCCC3)cc1OC. The Morgan fingerprint density at radius 3 is 2.61 bits per heavy atom. The lowest BCUT2D eigenvalue weighted by Gasteiger charge is -2.19. The summed E-state index contributed by atoms with van der Waals surface area (Å²) >= 11 is 0. The van der Waals surface area contributed by atoms with Crippen LogP contribution in [0.25, 0.3) is 10.9 Å². The molecule has 0 aliphatic heterocycles. The van der Waals surface area contributed by atoms with Crippen molar-refractivity contribution in [2.45, 2.75) is 32.1 Å². The molecule has 0 saturated heterocycles. The molecule has 1 aromatic heterocycles. The van der Waals surface area contributed by atoms with Crippen LogP contribution < -0.4 is 14.8 Å². The molecule has 1 aliphatic carbocycles. The normalized spacial score (nSPS) is 12.7. The van der Waals surface area contributed by atoms with Gasteiger partial charge in [0.15, 0.2) is 18.1 Å². The van der Waals surface area contributed by atoms with Gasteiger partial charge in [0.25, 0.3) is 5.91 Å². The first-order chi connectivity index (χ1) is 16.1. The number of amides is 1. The van der Waals surface area contributed by atoms with Gasteiger partial charge in [-0.2, -0.15) is 0 Å². The van der Waals surface area contributed by atoms with Crippen LogP contribution in [0.2, 0.25) is 0 Å². The Hall–Kier alpha value is -3.61. The van der Waals surface area contributed by atoms with Crippen LogP contribution in [-0.4, -0.2) is 44.2 Å². The van der Waals surface area contributed by atoms with Crippen LogP contribution in [0.1, 0.15) is 40.0 Å². The average Bonchev–Trinajstić information content (AvgIpc) is 2.85. The number of carbonyl (C=O) groups excluding carboxylic acids is 2. The third-order valence-electron chi connectivity index (χ3n) is 5.89. The number of carbonyl (C=O) groups is 2. The van der Waals surface area contributed by atoms with E-state index in [0.717, 1.165) is 53.4 Å². The highest BCUT2D eigenvalue weighted by Crippen LogP contribution is 2.30. The number of hydrogen-bond donors (Lipinski definition) is 1. The molecule has 0 spiro atoms. The zero-order valence-corrected chi connectivity index (χ0v) is 19.0. The van der Waals surface area contributed by atoms with Crippen molar-refractivity contribution in [3.63, 3.8) is 0 Å². The van der Waals surface area contributed by atoms with E-state index in [0.29, 0.717) is 30.0 Å². The maximum absolute atomic E-state index is 13.0. The minimum absolute atomic E-state index is 0.323. The van der Waals surface area contributed by atoms with E-state index in [1.54, 1.807) is 14.2 Å². The molecule has 7 heteroatoms. The molecule has 33 heavy (non-hydrogen) atoms. The number of para-hydroxylation sites is 1. The summed E-state index contributed by atoms with van der Waals surface area (Å²) in [5.41, 5.74) is 4.25. The van der Waals surface area contributed by atoms with Crippen molar-refractivity contribution in [1.82, 2.24) is 10.3 Å². The van der Waals surface area contributed by atoms with E-state index >= 15 is 0 Å². The fourth-order valence-corrected chi connectivity index (χ4v) is 4.24. The van der Waals surface area contributed by atoms with Gasteiger partial charge >= 0.3 is 5.97 Å². The minimum Gasteiger partial charge on any atom is -0.493 e. The van der Waals surface area contributed by atoms with Crippen LogP contribution in [0.4, 0.5) is 0 Å². The number of aryl methyl sites for hydroxylation is 1. The van der Waals surface area contributed by atoms with Gasteiger partial charge in [0.2, 0.25) is 0 Å². The molecule has 0 radical (unpaired) electrons. The van der Waals surface area contributed by atoms with Crippen molar-refractivity contribution >= 4 is 22.8 Å². The molecular weight excluding hydrogens is 420 g/mol. The van der Waals surface area contributed by atoms with Gasteiger partial charge in [0.1, 0.15) is 0 Å². The standard InChI is InChI=1S/C26H28N2O5/c1-31-22-12-11-17(15-23(22)32-2)13-14-27-24(29)16-33-26(30)25-18-7-3-5-9-20(18)28-21-10-6-4-8-19(21)25/h3,5,7,9,11-12,15H,4,6,8,10,13-14,16H2,1-2H3,(H,27,29). The van der Waals surface area contributed by atoms with Gasteiger partial charge in [-0.3, -0.25) is 9.78 Å². The van der Waals surface area contributed by atoms with Gasteiger partial charge < -0.3 is 19.5 Å². The molecular formula is C26H28N2O5. The maximum atomic E-state index is 13.0. The van der Waals surface area contributed by atoms with Crippen LogP contribution in [0.3, 0.4) is 0 Å². The molecule has 4 rings (SSSR count). The van der Waals surface area contributed by atoms with E-state index in [2.05, 4.69) is 5.32 Å². The van der Waals surface area contributed by atoms with Crippen LogP contribution in [0.15, 0.2) is 42.5 Å². The van der Waals surface area contributed by atoms with Crippen molar-refractivity contribution in [3.8, 4) is 11.5 Å². The summed E-state index contributed by atoms with van der Waals surface area (Å²) < 4.78 is 16.0. The summed E-state index contributed by atoms with van der Waals surface area (Å²) in [6.45, 7) is 0.0929. The number of hydrogen-bond acceptors (Lipinski definition) is 6. The van der Waals surface area contributed by atoms with Gasteiger partial charge in [-0.15, -0.1) is 0 Å². The molecule has 0 atom stereocenters. The molecule has 0 fully saturated rings. The summed E-state index contributed by atoms with van der Waals surface area (Å²) in [6, 6.07) is 13.2. The molecule has 1 amide bonds. The second-order valence-electron chi connectivity index (χ2n) is 8.00. The lowest BCUT2D eigenvalue weighted by molar-refractivity contribution is -0.124. The molecule has 1 heterocycles. The first-order valence-electron chi connectivity index (χ1n) is 11.2. The zero-order chi connectivity index (χ0) is 23.2. The van der Waals surface area contributed by atoms with E-state index < -0.39 is 5.97 Å². The van der Waals surface area contributed by atoms with Gasteiger partial charge in [-0.05, 0) is 61.4 Å². The van der Waals surface area contributed by atoms with E-state index in [9.17, 15) is 9.59 Å². The number of aromatic nitrogens is 1. The van der Waals surface area contributed by atoms with Crippen molar-refractivity contribution in [2.75, 3.05) is 27.4 Å². The van der Waals surface area contributed by atoms with Crippen molar-refractivity contribution in [1.29, 1.82) is 0 Å². The fourth-order valence-electron chi connectivity index (χ4n) is 4.24. The van der Waals surface area contributed by atoms with E-state index in [4.69, 9.17) is 19.2 Å². The van der Waals surface area contributed by atoms with E-state index in [1.165, 1.54) is 0 Å². The molecule has 2 aromatic carbocycles. The number of nitrogens with one attached hydrogen (secondary N) is 1. The topological polar surface area (TPSA) is 86.8 Å². The van der Waals surface area contributed by atoms with Crippen molar-refractivity contribution in [3.05, 3.63) is 64.8 Å². The largest absolute Gasteiger partial charge is 0.493 e. The quantitative estimate of drug-likeness (QED) is 0.530. The number of benzene rings is 2. The first-order valence-corrected chi connectivity index (χ1v) is 11.2. The number of ether oxygens (including phenoxy) is 3. The first kappa shape index (κ1) is 22.6. The summed E-state index contributed by atoms with van der Waals surface area (Å²) in [7, 11) is 3.17. The Bertz CT molecular complexity index is 1170. The predicted octanol–water partition coefficient (Wildman–Crippen LogP) is 3.65. The monoisotopic (exact) mass is 448 g/mol.